The van der Waals surface area contributed by atoms with Crippen LogP contribution >= 0.6 is 35.9 Å². The lowest BCUT2D eigenvalue weighted by Crippen LogP contribution is -2.65. The molecule has 56 heavy (non-hydrogen) atoms. The van der Waals surface area contributed by atoms with E-state index in [4.69, 9.17) is 9.47 Å². The fraction of sp³-hybridized carbons (Fsp3) is 0.944. The minimum absolute atomic E-state index is 0. The van der Waals surface area contributed by atoms with Crippen molar-refractivity contribution in [1.29, 1.82) is 0 Å². The highest BCUT2D eigenvalue weighted by Crippen LogP contribution is 2.32. The van der Waals surface area contributed by atoms with Crippen LogP contribution in [0.15, 0.2) is 0 Å². The summed E-state index contributed by atoms with van der Waals surface area (Å²) in [5.74, 6) is 0.489. The van der Waals surface area contributed by atoms with Gasteiger partial charge in [0.15, 0.2) is 0 Å². The Morgan fingerprint density at radius 2 is 0.982 bits per heavy atom. The summed E-state index contributed by atoms with van der Waals surface area (Å²) in [6.45, 7) is 8.97. The van der Waals surface area contributed by atoms with Gasteiger partial charge >= 0.3 is 0 Å². The largest absolute Gasteiger partial charge is 0.412 e. The molecule has 0 saturated carbocycles. The second kappa shape index (κ2) is 24.6. The van der Waals surface area contributed by atoms with Crippen molar-refractivity contribution in [2.75, 3.05) is 39.7 Å². The smallest absolute Gasteiger partial charge is 0.237 e. The molecule has 20 heteroatoms. The van der Waals surface area contributed by atoms with Crippen LogP contribution < -0.4 is 10.6 Å². The van der Waals surface area contributed by atoms with Crippen LogP contribution in [0, 0.1) is 11.8 Å². The van der Waals surface area contributed by atoms with E-state index in [9.17, 15) is 50.4 Å². The van der Waals surface area contributed by atoms with Crippen LogP contribution in [-0.4, -0.2) is 204 Å². The first-order chi connectivity index (χ1) is 25.4. The highest BCUT2D eigenvalue weighted by atomic mass is 35.5. The maximum Gasteiger partial charge on any atom is 0.237 e. The highest BCUT2D eigenvalue weighted by molar-refractivity contribution is 7.99. The Kier molecular flexibility index (Phi) is 23.5. The Morgan fingerprint density at radius 1 is 0.661 bits per heavy atom. The number of nitrogens with zero attached hydrogens (tertiary/aromatic N) is 2. The lowest BCUT2D eigenvalue weighted by molar-refractivity contribution is -0.211. The van der Waals surface area contributed by atoms with E-state index < -0.39 is 84.0 Å². The molecule has 0 aromatic heterocycles. The number of likely N-dealkylation sites (tertiary alicyclic amines) is 2. The van der Waals surface area contributed by atoms with Gasteiger partial charge in [-0.15, -0.1) is 35.9 Å². The number of nitrogens with one attached hydrogen (secondary N) is 2. The summed E-state index contributed by atoms with van der Waals surface area (Å²) in [5, 5.41) is 87.1. The van der Waals surface area contributed by atoms with Crippen molar-refractivity contribution >= 4 is 47.7 Å². The molecule has 0 aliphatic carbocycles. The monoisotopic (exact) mass is 866 g/mol. The van der Waals surface area contributed by atoms with Crippen LogP contribution in [0.5, 0.6) is 0 Å². The van der Waals surface area contributed by atoms with Crippen LogP contribution in [0.4, 0.5) is 0 Å². The molecule has 0 spiro atoms. The molecule has 4 aliphatic heterocycles. The van der Waals surface area contributed by atoms with Gasteiger partial charge in [0, 0.05) is 13.1 Å². The van der Waals surface area contributed by atoms with Gasteiger partial charge in [-0.2, -0.15) is 0 Å². The number of thioether (sulfide) groups is 2. The van der Waals surface area contributed by atoms with E-state index in [-0.39, 0.29) is 41.8 Å². The predicted octanol–water partition coefficient (Wildman–Crippen LogP) is -2.12. The minimum atomic E-state index is -1.42. The molecule has 332 valence electrons. The maximum absolute atomic E-state index is 12.8. The molecule has 4 heterocycles. The van der Waals surface area contributed by atoms with Gasteiger partial charge < -0.3 is 66.4 Å². The number of aliphatic hydroxyl groups is 8. The molecule has 0 unspecified atom stereocenters. The van der Waals surface area contributed by atoms with Crippen LogP contribution in [0.3, 0.4) is 0 Å². The minimum Gasteiger partial charge on any atom is -0.412 e. The van der Waals surface area contributed by atoms with Crippen molar-refractivity contribution in [2.24, 2.45) is 11.8 Å². The fourth-order valence-electron chi connectivity index (χ4n) is 8.26. The summed E-state index contributed by atoms with van der Waals surface area (Å²) in [6, 6.07) is -2.39. The average molecular weight is 868 g/mol. The first-order valence-corrected chi connectivity index (χ1v) is 21.8. The maximum atomic E-state index is 12.8. The van der Waals surface area contributed by atoms with Crippen molar-refractivity contribution in [1.82, 2.24) is 20.4 Å². The number of likely N-dealkylation sites (N-methyl/N-ethyl adjacent to an activating group) is 2. The number of ether oxygens (including phenoxy) is 2. The number of amides is 2. The number of carbonyl (C=O) groups excluding carboxylic acids is 2. The molecule has 0 aromatic carbocycles. The van der Waals surface area contributed by atoms with Crippen molar-refractivity contribution < 1.29 is 65.4 Å². The molecule has 0 radical (unpaired) electrons. The zero-order chi connectivity index (χ0) is 40.6. The van der Waals surface area contributed by atoms with Gasteiger partial charge in [0.25, 0.3) is 0 Å². The van der Waals surface area contributed by atoms with Crippen LogP contribution in [0.2, 0.25) is 0 Å². The van der Waals surface area contributed by atoms with Crippen LogP contribution in [0.25, 0.3) is 0 Å². The summed E-state index contributed by atoms with van der Waals surface area (Å²) < 4.78 is 11.4. The Hall–Kier alpha value is -0.590. The average Bonchev–Trinajstić information content (AvgIpc) is 3.69. The quantitative estimate of drug-likeness (QED) is 0.0895. The van der Waals surface area contributed by atoms with Crippen molar-refractivity contribution in [3.63, 3.8) is 0 Å². The number of aliphatic hydroxyl groups excluding tert-OH is 8. The molecule has 4 saturated heterocycles. The van der Waals surface area contributed by atoms with E-state index in [0.717, 1.165) is 51.6 Å². The summed E-state index contributed by atoms with van der Waals surface area (Å²) in [7, 11) is 3.82. The normalized spacial score (nSPS) is 38.5. The second-order valence-corrected chi connectivity index (χ2v) is 17.5. The molecule has 12 N–H and O–H groups in total. The molecule has 4 rings (SSSR count). The van der Waals surface area contributed by atoms with E-state index in [2.05, 4.69) is 24.5 Å². The standard InChI is InChI=1S/2C18H34N2O6S.ClH.H2O/c2*1-5-6-10-7-11(20(3)8-10)17(25)19-12(9(2)21)16-14(23)13(22)15(24)18(26-16)27-4;;/h2*9-16,18,21-24H,5-8H2,1-4H3,(H,19,25);1H;1H2/t2*9-,10-,11+,12-,13+,14-,15-,16-,18-;;/m11../s1. The van der Waals surface area contributed by atoms with E-state index in [1.807, 2.05) is 23.9 Å². The van der Waals surface area contributed by atoms with Gasteiger partial charge in [-0.1, -0.05) is 26.7 Å². The van der Waals surface area contributed by atoms with E-state index in [1.165, 1.54) is 37.4 Å². The van der Waals surface area contributed by atoms with E-state index in [0.29, 0.717) is 11.8 Å². The van der Waals surface area contributed by atoms with Gasteiger partial charge in [0.2, 0.25) is 11.8 Å². The molecular formula is C36H71ClN4O13S2. The van der Waals surface area contributed by atoms with E-state index in [1.54, 1.807) is 12.5 Å². The first kappa shape index (κ1) is 53.4. The number of carbonyl (C=O) groups is 2. The third kappa shape index (κ3) is 13.2. The van der Waals surface area contributed by atoms with Crippen molar-refractivity contribution in [2.45, 2.75) is 162 Å². The Balaban J connectivity index is 0.000000541. The lowest BCUT2D eigenvalue weighted by Gasteiger charge is -2.44. The zero-order valence-electron chi connectivity index (χ0n) is 33.9. The predicted molar refractivity (Wildman–Crippen MR) is 217 cm³/mol. The highest BCUT2D eigenvalue weighted by Gasteiger charge is 2.50. The van der Waals surface area contributed by atoms with Gasteiger partial charge in [-0.25, -0.2) is 0 Å². The summed E-state index contributed by atoms with van der Waals surface area (Å²) in [4.78, 5) is 29.7. The molecule has 4 aliphatic rings. The summed E-state index contributed by atoms with van der Waals surface area (Å²) >= 11 is 2.39. The third-order valence-corrected chi connectivity index (χ3v) is 13.0. The third-order valence-electron chi connectivity index (χ3n) is 11.3. The summed E-state index contributed by atoms with van der Waals surface area (Å²) in [5.41, 5.74) is -1.51. The van der Waals surface area contributed by atoms with Gasteiger partial charge in [0.05, 0.1) is 36.4 Å². The Morgan fingerprint density at radius 3 is 1.25 bits per heavy atom. The zero-order valence-corrected chi connectivity index (χ0v) is 36.3. The Labute approximate surface area is 346 Å². The van der Waals surface area contributed by atoms with Crippen molar-refractivity contribution in [3.8, 4) is 0 Å². The molecule has 17 nitrogen and oxygen atoms in total. The number of hydrogen-bond acceptors (Lipinski definition) is 16. The van der Waals surface area contributed by atoms with Crippen molar-refractivity contribution in [3.05, 3.63) is 0 Å². The van der Waals surface area contributed by atoms with Gasteiger partial charge in [-0.05, 0) is 78.0 Å². The Bertz CT molecular complexity index is 1080. The fourth-order valence-corrected chi connectivity index (χ4v) is 9.62. The lowest BCUT2D eigenvalue weighted by atomic mass is 9.92. The van der Waals surface area contributed by atoms with Crippen LogP contribution in [0.1, 0.15) is 66.2 Å². The molecule has 18 atom stereocenters. The molecule has 0 aromatic rings. The molecule has 0 bridgehead atoms. The summed E-state index contributed by atoms with van der Waals surface area (Å²) in [6.07, 6.45) is -2.99. The number of rotatable bonds is 14. The van der Waals surface area contributed by atoms with Gasteiger partial charge in [0.1, 0.15) is 59.7 Å². The topological polar surface area (TPSA) is 276 Å². The molecule has 4 fully saturated rings. The SMILES string of the molecule is CCC[C@@H]1C[C@@H](C(=O)N[C@@H]([C@H]2O[C@H](SC)[C@H](O)[C@@H](O)[C@H]2O)[C@@H](C)O)N(C)C1.CCC[C@@H]1C[C@@H](C(=O)N[C@@H]([C@H]2O[C@H](SC)[C@H](O)[C@@H](O)[C@H]2O)[C@@H](C)O)N(C)C1.Cl.O. The number of hydrogen-bond donors (Lipinski definition) is 10. The second-order valence-electron chi connectivity index (χ2n) is 15.6. The van der Waals surface area contributed by atoms with E-state index >= 15 is 0 Å². The number of halogens is 1. The molecular weight excluding hydrogens is 796 g/mol. The molecule has 2 amide bonds. The van der Waals surface area contributed by atoms with Gasteiger partial charge in [-0.3, -0.25) is 19.4 Å². The first-order valence-electron chi connectivity index (χ1n) is 19.2. The van der Waals surface area contributed by atoms with Crippen LogP contribution in [-0.2, 0) is 19.1 Å².